The average molecular weight is 523 g/mol. The zero-order chi connectivity index (χ0) is 27.0. The van der Waals surface area contributed by atoms with Crippen LogP contribution in [0.25, 0.3) is 0 Å². The fourth-order valence-corrected chi connectivity index (χ4v) is 4.59. The number of rotatable bonds is 12. The SMILES string of the molecule is CCOC(=O)[C@H](CC[C@@H](C[C@H]1O[C@@H](OC)[C@@H]2OC(C)(C)O[C@@H]21)NC(=O)OCc1ccccc1)NC(C)=O. The Labute approximate surface area is 217 Å². The van der Waals surface area contributed by atoms with Crippen molar-refractivity contribution < 1.29 is 42.8 Å². The van der Waals surface area contributed by atoms with Crippen molar-refractivity contribution in [1.82, 2.24) is 10.6 Å². The highest BCUT2D eigenvalue weighted by molar-refractivity contribution is 5.83. The molecule has 2 amide bonds. The third kappa shape index (κ3) is 8.39. The Morgan fingerprint density at radius 1 is 1.03 bits per heavy atom. The number of amides is 2. The normalized spacial score (nSPS) is 25.5. The van der Waals surface area contributed by atoms with Crippen molar-refractivity contribution in [2.24, 2.45) is 0 Å². The number of carbonyl (C=O) groups is 3. The zero-order valence-corrected chi connectivity index (χ0v) is 22.1. The number of ether oxygens (including phenoxy) is 6. The number of methoxy groups -OCH3 is 1. The molecule has 11 nitrogen and oxygen atoms in total. The molecule has 6 atom stereocenters. The highest BCUT2D eigenvalue weighted by Crippen LogP contribution is 2.40. The lowest BCUT2D eigenvalue weighted by atomic mass is 9.97. The van der Waals surface area contributed by atoms with Crippen LogP contribution in [0.4, 0.5) is 4.79 Å². The van der Waals surface area contributed by atoms with Gasteiger partial charge in [0.25, 0.3) is 0 Å². The van der Waals surface area contributed by atoms with Crippen LogP contribution in [-0.2, 0) is 44.6 Å². The van der Waals surface area contributed by atoms with Crippen molar-refractivity contribution in [3.8, 4) is 0 Å². The molecule has 11 heteroatoms. The summed E-state index contributed by atoms with van der Waals surface area (Å²) in [5.74, 6) is -1.69. The van der Waals surface area contributed by atoms with Crippen molar-refractivity contribution in [2.75, 3.05) is 13.7 Å². The number of esters is 1. The largest absolute Gasteiger partial charge is 0.464 e. The van der Waals surface area contributed by atoms with E-state index < -0.39 is 54.5 Å². The van der Waals surface area contributed by atoms with E-state index in [0.29, 0.717) is 12.8 Å². The van der Waals surface area contributed by atoms with Crippen LogP contribution in [0.1, 0.15) is 52.5 Å². The molecule has 3 rings (SSSR count). The van der Waals surface area contributed by atoms with Gasteiger partial charge < -0.3 is 39.1 Å². The van der Waals surface area contributed by atoms with Gasteiger partial charge in [0.05, 0.1) is 12.7 Å². The van der Waals surface area contributed by atoms with Gasteiger partial charge in [-0.15, -0.1) is 0 Å². The highest BCUT2D eigenvalue weighted by Gasteiger charge is 2.55. The van der Waals surface area contributed by atoms with Gasteiger partial charge in [0, 0.05) is 20.1 Å². The average Bonchev–Trinajstić information content (AvgIpc) is 3.33. The van der Waals surface area contributed by atoms with Gasteiger partial charge in [0.2, 0.25) is 5.91 Å². The molecule has 0 radical (unpaired) electrons. The molecule has 2 saturated heterocycles. The number of hydrogen-bond acceptors (Lipinski definition) is 9. The van der Waals surface area contributed by atoms with E-state index in [1.165, 1.54) is 14.0 Å². The fraction of sp³-hybridized carbons (Fsp3) is 0.654. The summed E-state index contributed by atoms with van der Waals surface area (Å²) in [7, 11) is 1.53. The summed E-state index contributed by atoms with van der Waals surface area (Å²) in [5, 5.41) is 5.51. The number of nitrogens with one attached hydrogen (secondary N) is 2. The summed E-state index contributed by atoms with van der Waals surface area (Å²) in [6.45, 7) is 6.97. The van der Waals surface area contributed by atoms with Crippen molar-refractivity contribution >= 4 is 18.0 Å². The first-order chi connectivity index (χ1) is 17.6. The van der Waals surface area contributed by atoms with Crippen LogP contribution < -0.4 is 10.6 Å². The van der Waals surface area contributed by atoms with Crippen LogP contribution >= 0.6 is 0 Å². The van der Waals surface area contributed by atoms with Crippen molar-refractivity contribution in [1.29, 1.82) is 0 Å². The number of benzene rings is 1. The van der Waals surface area contributed by atoms with E-state index in [1.807, 2.05) is 44.2 Å². The number of fused-ring (bicyclic) bond motifs is 1. The summed E-state index contributed by atoms with van der Waals surface area (Å²) in [5.41, 5.74) is 0.853. The molecule has 2 aliphatic heterocycles. The maximum atomic E-state index is 12.7. The first kappa shape index (κ1) is 28.8. The maximum Gasteiger partial charge on any atom is 0.407 e. The first-order valence-electron chi connectivity index (χ1n) is 12.6. The molecule has 0 aromatic heterocycles. The molecule has 1 aromatic rings. The lowest BCUT2D eigenvalue weighted by molar-refractivity contribution is -0.228. The molecular formula is C26H38N2O9. The van der Waals surface area contributed by atoms with Crippen molar-refractivity contribution in [2.45, 2.75) is 96.0 Å². The number of carbonyl (C=O) groups excluding carboxylic acids is 3. The van der Waals surface area contributed by atoms with Crippen molar-refractivity contribution in [3.63, 3.8) is 0 Å². The van der Waals surface area contributed by atoms with Crippen LogP contribution in [0.5, 0.6) is 0 Å². The van der Waals surface area contributed by atoms with Gasteiger partial charge in [-0.3, -0.25) is 4.79 Å². The van der Waals surface area contributed by atoms with E-state index in [-0.39, 0.29) is 25.5 Å². The van der Waals surface area contributed by atoms with Gasteiger partial charge in [-0.05, 0) is 45.6 Å². The lowest BCUT2D eigenvalue weighted by Crippen LogP contribution is -2.44. The molecule has 0 unspecified atom stereocenters. The molecular weight excluding hydrogens is 484 g/mol. The molecule has 2 aliphatic rings. The predicted octanol–water partition coefficient (Wildman–Crippen LogP) is 2.41. The Kier molecular flexibility index (Phi) is 10.3. The van der Waals surface area contributed by atoms with E-state index in [2.05, 4.69) is 10.6 Å². The third-order valence-corrected chi connectivity index (χ3v) is 6.14. The molecule has 0 bridgehead atoms. The van der Waals surface area contributed by atoms with E-state index in [4.69, 9.17) is 28.4 Å². The van der Waals surface area contributed by atoms with Crippen LogP contribution in [0.15, 0.2) is 30.3 Å². The molecule has 206 valence electrons. The monoisotopic (exact) mass is 522 g/mol. The molecule has 2 heterocycles. The van der Waals surface area contributed by atoms with Gasteiger partial charge in [-0.25, -0.2) is 9.59 Å². The van der Waals surface area contributed by atoms with Crippen LogP contribution in [0, 0.1) is 0 Å². The third-order valence-electron chi connectivity index (χ3n) is 6.14. The fourth-order valence-electron chi connectivity index (χ4n) is 4.59. The quantitative estimate of drug-likeness (QED) is 0.397. The van der Waals surface area contributed by atoms with Gasteiger partial charge in [0.15, 0.2) is 12.1 Å². The van der Waals surface area contributed by atoms with Gasteiger partial charge in [0.1, 0.15) is 24.9 Å². The highest BCUT2D eigenvalue weighted by atomic mass is 16.8. The van der Waals surface area contributed by atoms with E-state index in [0.717, 1.165) is 5.56 Å². The van der Waals surface area contributed by atoms with Crippen molar-refractivity contribution in [3.05, 3.63) is 35.9 Å². The predicted molar refractivity (Wildman–Crippen MR) is 131 cm³/mol. The first-order valence-corrected chi connectivity index (χ1v) is 12.6. The smallest absolute Gasteiger partial charge is 0.407 e. The molecule has 1 aromatic carbocycles. The number of hydrogen-bond donors (Lipinski definition) is 2. The van der Waals surface area contributed by atoms with Gasteiger partial charge in [-0.2, -0.15) is 0 Å². The van der Waals surface area contributed by atoms with E-state index >= 15 is 0 Å². The molecule has 37 heavy (non-hydrogen) atoms. The summed E-state index contributed by atoms with van der Waals surface area (Å²) in [6, 6.07) is 8.01. The minimum absolute atomic E-state index is 0.109. The van der Waals surface area contributed by atoms with Crippen LogP contribution in [0.2, 0.25) is 0 Å². The summed E-state index contributed by atoms with van der Waals surface area (Å²) in [4.78, 5) is 36.8. The Bertz CT molecular complexity index is 911. The summed E-state index contributed by atoms with van der Waals surface area (Å²) in [6.07, 6.45) is -1.57. The minimum Gasteiger partial charge on any atom is -0.464 e. The van der Waals surface area contributed by atoms with E-state index in [1.54, 1.807) is 6.92 Å². The Hall–Kier alpha value is -2.73. The van der Waals surface area contributed by atoms with Gasteiger partial charge in [-0.1, -0.05) is 30.3 Å². The standard InChI is InChI=1S/C26H38N2O9/c1-6-33-23(30)19(27-16(2)29)13-12-18(28-25(31)34-15-17-10-8-7-9-11-17)14-20-21-22(24(32-5)35-20)37-26(3,4)36-21/h7-11,18-22,24H,6,12-15H2,1-5H3,(H,27,29)(H,28,31)/t18-,19-,20+,21+,22+,24+/m0/s1. The zero-order valence-electron chi connectivity index (χ0n) is 22.1. The Morgan fingerprint density at radius 2 is 1.73 bits per heavy atom. The summed E-state index contributed by atoms with van der Waals surface area (Å²) < 4.78 is 34.0. The topological polar surface area (TPSA) is 131 Å². The molecule has 0 saturated carbocycles. The van der Waals surface area contributed by atoms with Crippen LogP contribution in [0.3, 0.4) is 0 Å². The maximum absolute atomic E-state index is 12.7. The minimum atomic E-state index is -0.851. The Balaban J connectivity index is 1.69. The Morgan fingerprint density at radius 3 is 2.38 bits per heavy atom. The summed E-state index contributed by atoms with van der Waals surface area (Å²) >= 11 is 0. The second-order valence-electron chi connectivity index (χ2n) is 9.56. The second-order valence-corrected chi connectivity index (χ2v) is 9.56. The molecule has 0 spiro atoms. The van der Waals surface area contributed by atoms with Crippen LogP contribution in [-0.4, -0.2) is 74.2 Å². The molecule has 0 aliphatic carbocycles. The van der Waals surface area contributed by atoms with Gasteiger partial charge >= 0.3 is 12.1 Å². The molecule has 2 fully saturated rings. The second kappa shape index (κ2) is 13.2. The molecule has 2 N–H and O–H groups in total. The lowest BCUT2D eigenvalue weighted by Gasteiger charge is -2.27. The number of alkyl carbamates (subject to hydrolysis) is 1. The van der Waals surface area contributed by atoms with E-state index in [9.17, 15) is 14.4 Å².